The number of rotatable bonds is 5. The fourth-order valence-corrected chi connectivity index (χ4v) is 2.55. The van der Waals surface area contributed by atoms with Gasteiger partial charge in [0, 0.05) is 6.54 Å². The Morgan fingerprint density at radius 3 is 2.64 bits per heavy atom. The molecule has 0 saturated carbocycles. The molecule has 0 aliphatic rings. The molecule has 5 nitrogen and oxygen atoms in total. The van der Waals surface area contributed by atoms with E-state index in [2.05, 4.69) is 15.6 Å². The van der Waals surface area contributed by atoms with Crippen molar-refractivity contribution in [1.82, 2.24) is 20.3 Å². The van der Waals surface area contributed by atoms with Gasteiger partial charge in [-0.2, -0.15) is 0 Å². The Balaban J connectivity index is 1.69. The second-order valence-electron chi connectivity index (χ2n) is 5.86. The second kappa shape index (κ2) is 7.25. The normalized spacial score (nSPS) is 10.7. The molecule has 0 atom stereocenters. The minimum absolute atomic E-state index is 0.244. The van der Waals surface area contributed by atoms with Crippen LogP contribution >= 0.6 is 0 Å². The number of nitrogens with one attached hydrogen (secondary N) is 1. The average Bonchev–Trinajstić information content (AvgIpc) is 3.00. The lowest BCUT2D eigenvalue weighted by Gasteiger charge is -2.06. The zero-order valence-corrected chi connectivity index (χ0v) is 14.2. The molecular weight excluding hydrogens is 319 g/mol. The summed E-state index contributed by atoms with van der Waals surface area (Å²) in [5.74, 6) is -0.603. The number of halogens is 1. The highest BCUT2D eigenvalue weighted by Crippen LogP contribution is 2.15. The Morgan fingerprint density at radius 1 is 1.16 bits per heavy atom. The van der Waals surface area contributed by atoms with E-state index in [0.29, 0.717) is 23.5 Å². The van der Waals surface area contributed by atoms with E-state index < -0.39 is 0 Å². The van der Waals surface area contributed by atoms with Crippen LogP contribution in [0.4, 0.5) is 4.39 Å². The number of hydrogen-bond acceptors (Lipinski definition) is 3. The molecule has 0 fully saturated rings. The molecule has 1 heterocycles. The van der Waals surface area contributed by atoms with Crippen molar-refractivity contribution in [2.45, 2.75) is 20.3 Å². The number of benzene rings is 2. The predicted octanol–water partition coefficient (Wildman–Crippen LogP) is 3.00. The molecule has 3 rings (SSSR count). The predicted molar refractivity (Wildman–Crippen MR) is 93.3 cm³/mol. The van der Waals surface area contributed by atoms with E-state index in [1.165, 1.54) is 10.7 Å². The number of aromatic nitrogens is 3. The number of amides is 1. The van der Waals surface area contributed by atoms with E-state index in [4.69, 9.17) is 0 Å². The zero-order valence-electron chi connectivity index (χ0n) is 14.2. The third-order valence-electron chi connectivity index (χ3n) is 4.05. The van der Waals surface area contributed by atoms with Crippen molar-refractivity contribution in [2.24, 2.45) is 0 Å². The van der Waals surface area contributed by atoms with E-state index in [9.17, 15) is 9.18 Å². The summed E-state index contributed by atoms with van der Waals surface area (Å²) in [6.45, 7) is 3.94. The highest BCUT2D eigenvalue weighted by Gasteiger charge is 2.17. The summed E-state index contributed by atoms with van der Waals surface area (Å²) in [7, 11) is 0. The summed E-state index contributed by atoms with van der Waals surface area (Å²) in [5.41, 5.74) is 3.06. The van der Waals surface area contributed by atoms with Gasteiger partial charge < -0.3 is 5.32 Å². The van der Waals surface area contributed by atoms with Crippen LogP contribution in [0.15, 0.2) is 48.5 Å². The molecular formula is C19H19FN4O. The number of nitrogens with zero attached hydrogens (tertiary/aromatic N) is 3. The van der Waals surface area contributed by atoms with Gasteiger partial charge in [-0.1, -0.05) is 41.6 Å². The van der Waals surface area contributed by atoms with E-state index in [1.807, 2.05) is 30.3 Å². The van der Waals surface area contributed by atoms with Crippen LogP contribution in [0.1, 0.15) is 27.3 Å². The maximum Gasteiger partial charge on any atom is 0.273 e. The van der Waals surface area contributed by atoms with Crippen LogP contribution in [0, 0.1) is 19.7 Å². The van der Waals surface area contributed by atoms with E-state index in [1.54, 1.807) is 26.0 Å². The Kier molecular flexibility index (Phi) is 4.88. The highest BCUT2D eigenvalue weighted by atomic mass is 19.1. The number of aryl methyl sites for hydroxylation is 1. The van der Waals surface area contributed by atoms with Gasteiger partial charge in [0.2, 0.25) is 0 Å². The van der Waals surface area contributed by atoms with Gasteiger partial charge >= 0.3 is 0 Å². The average molecular weight is 338 g/mol. The first-order valence-electron chi connectivity index (χ1n) is 8.07. The molecule has 0 radical (unpaired) electrons. The van der Waals surface area contributed by atoms with Crippen LogP contribution < -0.4 is 5.32 Å². The first-order chi connectivity index (χ1) is 12.1. The minimum Gasteiger partial charge on any atom is -0.350 e. The van der Waals surface area contributed by atoms with Gasteiger partial charge in [-0.05, 0) is 43.5 Å². The quantitative estimate of drug-likeness (QED) is 0.778. The SMILES string of the molecule is Cc1ccc(-n2nnc(C(=O)NCCc3ccccc3)c2C)cc1F. The molecule has 0 spiro atoms. The van der Waals surface area contributed by atoms with Crippen molar-refractivity contribution in [1.29, 1.82) is 0 Å². The molecule has 1 N–H and O–H groups in total. The van der Waals surface area contributed by atoms with Crippen LogP contribution in [0.2, 0.25) is 0 Å². The molecule has 1 aromatic heterocycles. The van der Waals surface area contributed by atoms with E-state index in [0.717, 1.165) is 12.0 Å². The van der Waals surface area contributed by atoms with Crippen molar-refractivity contribution >= 4 is 5.91 Å². The fraction of sp³-hybridized carbons (Fsp3) is 0.211. The molecule has 0 aliphatic carbocycles. The van der Waals surface area contributed by atoms with Gasteiger partial charge in [0.05, 0.1) is 11.4 Å². The van der Waals surface area contributed by atoms with Crippen LogP contribution in [0.5, 0.6) is 0 Å². The van der Waals surface area contributed by atoms with Gasteiger partial charge in [-0.15, -0.1) is 5.10 Å². The van der Waals surface area contributed by atoms with Crippen molar-refractivity contribution in [3.05, 3.63) is 76.9 Å². The molecule has 3 aromatic rings. The third-order valence-corrected chi connectivity index (χ3v) is 4.05. The van der Waals surface area contributed by atoms with E-state index >= 15 is 0 Å². The molecule has 0 bridgehead atoms. The van der Waals surface area contributed by atoms with Crippen LogP contribution in [-0.2, 0) is 6.42 Å². The second-order valence-corrected chi connectivity index (χ2v) is 5.86. The standard InChI is InChI=1S/C19H19FN4O/c1-13-8-9-16(12-17(13)20)24-14(2)18(22-23-24)19(25)21-11-10-15-6-4-3-5-7-15/h3-9,12H,10-11H2,1-2H3,(H,21,25). The molecule has 25 heavy (non-hydrogen) atoms. The Hall–Kier alpha value is -3.02. The van der Waals surface area contributed by atoms with Crippen molar-refractivity contribution < 1.29 is 9.18 Å². The molecule has 128 valence electrons. The summed E-state index contributed by atoms with van der Waals surface area (Å²) >= 11 is 0. The topological polar surface area (TPSA) is 59.8 Å². The van der Waals surface area contributed by atoms with Gasteiger partial charge in [-0.3, -0.25) is 4.79 Å². The van der Waals surface area contributed by atoms with Gasteiger partial charge in [0.15, 0.2) is 5.69 Å². The van der Waals surface area contributed by atoms with E-state index in [-0.39, 0.29) is 17.4 Å². The molecule has 0 aliphatic heterocycles. The lowest BCUT2D eigenvalue weighted by molar-refractivity contribution is 0.0948. The summed E-state index contributed by atoms with van der Waals surface area (Å²) in [4.78, 5) is 12.3. The number of hydrogen-bond donors (Lipinski definition) is 1. The maximum absolute atomic E-state index is 13.7. The van der Waals surface area contributed by atoms with Gasteiger partial charge in [-0.25, -0.2) is 9.07 Å². The minimum atomic E-state index is -0.318. The zero-order chi connectivity index (χ0) is 17.8. The summed E-state index contributed by atoms with van der Waals surface area (Å²) in [5, 5.41) is 10.8. The first kappa shape index (κ1) is 16.8. The lowest BCUT2D eigenvalue weighted by atomic mass is 10.1. The van der Waals surface area contributed by atoms with Crippen molar-refractivity contribution in [3.63, 3.8) is 0 Å². The lowest BCUT2D eigenvalue weighted by Crippen LogP contribution is -2.26. The maximum atomic E-state index is 13.7. The summed E-state index contributed by atoms with van der Waals surface area (Å²) in [6, 6.07) is 14.7. The number of carbonyl (C=O) groups excluding carboxylic acids is 1. The van der Waals surface area contributed by atoms with Crippen molar-refractivity contribution in [2.75, 3.05) is 6.54 Å². The monoisotopic (exact) mass is 338 g/mol. The molecule has 6 heteroatoms. The Bertz CT molecular complexity index is 890. The van der Waals surface area contributed by atoms with Gasteiger partial charge in [0.25, 0.3) is 5.91 Å². The number of carbonyl (C=O) groups is 1. The smallest absolute Gasteiger partial charge is 0.273 e. The molecule has 0 unspecified atom stereocenters. The van der Waals surface area contributed by atoms with Crippen LogP contribution in [-0.4, -0.2) is 27.4 Å². The largest absolute Gasteiger partial charge is 0.350 e. The first-order valence-corrected chi connectivity index (χ1v) is 8.07. The molecule has 0 saturated heterocycles. The molecule has 2 aromatic carbocycles. The van der Waals surface area contributed by atoms with Crippen LogP contribution in [0.25, 0.3) is 5.69 Å². The third kappa shape index (κ3) is 3.74. The Morgan fingerprint density at radius 2 is 1.92 bits per heavy atom. The fourth-order valence-electron chi connectivity index (χ4n) is 2.55. The van der Waals surface area contributed by atoms with Crippen molar-refractivity contribution in [3.8, 4) is 5.69 Å². The Labute approximate surface area is 145 Å². The van der Waals surface area contributed by atoms with Gasteiger partial charge in [0.1, 0.15) is 5.82 Å². The molecule has 1 amide bonds. The summed E-state index contributed by atoms with van der Waals surface area (Å²) < 4.78 is 15.2. The highest BCUT2D eigenvalue weighted by molar-refractivity contribution is 5.93. The summed E-state index contributed by atoms with van der Waals surface area (Å²) in [6.07, 6.45) is 0.739. The van der Waals surface area contributed by atoms with Crippen LogP contribution in [0.3, 0.4) is 0 Å².